The highest BCUT2D eigenvalue weighted by Gasteiger charge is 2.09. The lowest BCUT2D eigenvalue weighted by Gasteiger charge is -2.08. The Bertz CT molecular complexity index is 547. The molecule has 1 amide bonds. The maximum atomic E-state index is 11.3. The molecule has 0 atom stereocenters. The largest absolute Gasteiger partial charge is 0.364 e. The average molecular weight is 214 g/mol. The fraction of sp³-hybridized carbons (Fsp3) is 0.231. The summed E-state index contributed by atoms with van der Waals surface area (Å²) < 4.78 is 0. The molecule has 0 saturated carbocycles. The Kier molecular flexibility index (Phi) is 2.60. The van der Waals surface area contributed by atoms with Gasteiger partial charge in [-0.2, -0.15) is 0 Å². The lowest BCUT2D eigenvalue weighted by molar-refractivity contribution is 0.0997. The summed E-state index contributed by atoms with van der Waals surface area (Å²) in [6.07, 6.45) is 1.61. The van der Waals surface area contributed by atoms with Crippen molar-refractivity contribution in [3.05, 3.63) is 41.7 Å². The molecule has 1 heterocycles. The molecule has 2 aromatic rings. The summed E-state index contributed by atoms with van der Waals surface area (Å²) >= 11 is 0. The van der Waals surface area contributed by atoms with Crippen LogP contribution in [0.4, 0.5) is 0 Å². The van der Waals surface area contributed by atoms with E-state index in [0.29, 0.717) is 11.6 Å². The van der Waals surface area contributed by atoms with Gasteiger partial charge in [0.25, 0.3) is 5.91 Å². The van der Waals surface area contributed by atoms with Gasteiger partial charge >= 0.3 is 0 Å². The molecule has 2 rings (SSSR count). The predicted octanol–water partition coefficient (Wildman–Crippen LogP) is 2.46. The van der Waals surface area contributed by atoms with Crippen LogP contribution in [-0.4, -0.2) is 10.9 Å². The quantitative estimate of drug-likeness (QED) is 0.834. The topological polar surface area (TPSA) is 56.0 Å². The number of primary amides is 1. The first-order valence-corrected chi connectivity index (χ1v) is 5.28. The van der Waals surface area contributed by atoms with Crippen LogP contribution in [0.25, 0.3) is 10.8 Å². The van der Waals surface area contributed by atoms with Gasteiger partial charge in [0.1, 0.15) is 5.69 Å². The number of nitrogens with zero attached hydrogens (tertiary/aromatic N) is 1. The molecule has 82 valence electrons. The van der Waals surface area contributed by atoms with Crippen molar-refractivity contribution in [2.45, 2.75) is 19.8 Å². The first-order chi connectivity index (χ1) is 7.59. The van der Waals surface area contributed by atoms with Crippen LogP contribution in [-0.2, 0) is 0 Å². The maximum absolute atomic E-state index is 11.3. The first kappa shape index (κ1) is 10.6. The van der Waals surface area contributed by atoms with E-state index in [2.05, 4.69) is 24.9 Å². The molecular formula is C13H14N2O. The number of amides is 1. The van der Waals surface area contributed by atoms with Crippen LogP contribution in [0.1, 0.15) is 35.8 Å². The number of fused-ring (bicyclic) bond motifs is 1. The smallest absolute Gasteiger partial charge is 0.267 e. The number of nitrogens with two attached hydrogens (primary N) is 1. The molecule has 2 N–H and O–H groups in total. The number of hydrogen-bond acceptors (Lipinski definition) is 2. The van der Waals surface area contributed by atoms with Crippen molar-refractivity contribution in [2.24, 2.45) is 5.73 Å². The van der Waals surface area contributed by atoms with Crippen LogP contribution in [0.15, 0.2) is 30.5 Å². The molecule has 16 heavy (non-hydrogen) atoms. The minimum absolute atomic E-state index is 0.347. The van der Waals surface area contributed by atoms with Gasteiger partial charge in [0.15, 0.2) is 0 Å². The zero-order valence-corrected chi connectivity index (χ0v) is 9.40. The fourth-order valence-electron chi connectivity index (χ4n) is 1.74. The monoisotopic (exact) mass is 214 g/mol. The van der Waals surface area contributed by atoms with Gasteiger partial charge in [-0.1, -0.05) is 26.0 Å². The summed E-state index contributed by atoms with van der Waals surface area (Å²) in [5.41, 5.74) is 6.84. The third-order valence-electron chi connectivity index (χ3n) is 2.69. The first-order valence-electron chi connectivity index (χ1n) is 5.28. The molecule has 0 aliphatic carbocycles. The van der Waals surface area contributed by atoms with E-state index in [0.717, 1.165) is 10.8 Å². The number of rotatable bonds is 2. The summed E-state index contributed by atoms with van der Waals surface area (Å²) in [6, 6.07) is 7.94. The molecule has 0 radical (unpaired) electrons. The molecule has 0 fully saturated rings. The van der Waals surface area contributed by atoms with Crippen LogP contribution >= 0.6 is 0 Å². The van der Waals surface area contributed by atoms with Gasteiger partial charge in [-0.25, -0.2) is 0 Å². The fourth-order valence-corrected chi connectivity index (χ4v) is 1.74. The van der Waals surface area contributed by atoms with Crippen molar-refractivity contribution in [1.29, 1.82) is 0 Å². The Balaban J connectivity index is 2.73. The molecule has 1 aromatic heterocycles. The van der Waals surface area contributed by atoms with E-state index < -0.39 is 5.91 Å². The Morgan fingerprint density at radius 2 is 2.06 bits per heavy atom. The molecule has 1 aromatic carbocycles. The highest BCUT2D eigenvalue weighted by atomic mass is 16.1. The van der Waals surface area contributed by atoms with E-state index in [4.69, 9.17) is 5.73 Å². The Morgan fingerprint density at radius 3 is 2.69 bits per heavy atom. The molecule has 0 bridgehead atoms. The van der Waals surface area contributed by atoms with Crippen LogP contribution in [0.5, 0.6) is 0 Å². The molecule has 0 aliphatic heterocycles. The maximum Gasteiger partial charge on any atom is 0.267 e. The van der Waals surface area contributed by atoms with E-state index in [1.54, 1.807) is 6.20 Å². The van der Waals surface area contributed by atoms with Gasteiger partial charge in [0.2, 0.25) is 0 Å². The molecule has 3 nitrogen and oxygen atoms in total. The molecule has 0 saturated heterocycles. The second kappa shape index (κ2) is 3.93. The number of benzene rings is 1. The van der Waals surface area contributed by atoms with Gasteiger partial charge in [-0.05, 0) is 29.0 Å². The minimum Gasteiger partial charge on any atom is -0.364 e. The van der Waals surface area contributed by atoms with Crippen molar-refractivity contribution in [3.8, 4) is 0 Å². The summed E-state index contributed by atoms with van der Waals surface area (Å²) in [6.45, 7) is 4.23. The van der Waals surface area contributed by atoms with E-state index in [1.165, 1.54) is 5.56 Å². The SMILES string of the molecule is CC(C)c1ccc2ccnc(C(N)=O)c2c1. The summed E-state index contributed by atoms with van der Waals surface area (Å²) in [4.78, 5) is 15.3. The van der Waals surface area contributed by atoms with Gasteiger partial charge < -0.3 is 5.73 Å². The highest BCUT2D eigenvalue weighted by Crippen LogP contribution is 2.22. The number of carbonyl (C=O) groups is 1. The predicted molar refractivity (Wildman–Crippen MR) is 64.3 cm³/mol. The number of pyridine rings is 1. The van der Waals surface area contributed by atoms with E-state index in [9.17, 15) is 4.79 Å². The third-order valence-corrected chi connectivity index (χ3v) is 2.69. The van der Waals surface area contributed by atoms with E-state index in [-0.39, 0.29) is 0 Å². The third kappa shape index (κ3) is 1.76. The molecule has 3 heteroatoms. The van der Waals surface area contributed by atoms with Gasteiger partial charge in [-0.3, -0.25) is 9.78 Å². The van der Waals surface area contributed by atoms with E-state index >= 15 is 0 Å². The van der Waals surface area contributed by atoms with Crippen LogP contribution in [0, 0.1) is 0 Å². The Labute approximate surface area is 94.3 Å². The normalized spacial score (nSPS) is 10.9. The van der Waals surface area contributed by atoms with Gasteiger partial charge in [0.05, 0.1) is 0 Å². The Morgan fingerprint density at radius 1 is 1.31 bits per heavy atom. The van der Waals surface area contributed by atoms with Crippen LogP contribution < -0.4 is 5.73 Å². The lowest BCUT2D eigenvalue weighted by atomic mass is 9.99. The minimum atomic E-state index is -0.480. The van der Waals surface area contributed by atoms with Crippen LogP contribution in [0.3, 0.4) is 0 Å². The zero-order chi connectivity index (χ0) is 11.7. The van der Waals surface area contributed by atoms with Crippen molar-refractivity contribution in [2.75, 3.05) is 0 Å². The van der Waals surface area contributed by atoms with E-state index in [1.807, 2.05) is 18.2 Å². The molecule has 0 aliphatic rings. The number of aromatic nitrogens is 1. The molecular weight excluding hydrogens is 200 g/mol. The standard InChI is InChI=1S/C13H14N2O/c1-8(2)10-4-3-9-5-6-15-12(13(14)16)11(9)7-10/h3-8H,1-2H3,(H2,14,16). The molecule has 0 unspecified atom stereocenters. The second-order valence-electron chi connectivity index (χ2n) is 4.16. The number of hydrogen-bond donors (Lipinski definition) is 1. The number of carbonyl (C=O) groups excluding carboxylic acids is 1. The molecule has 0 spiro atoms. The highest BCUT2D eigenvalue weighted by molar-refractivity contribution is 6.04. The summed E-state index contributed by atoms with van der Waals surface area (Å²) in [5.74, 6) is -0.0585. The summed E-state index contributed by atoms with van der Waals surface area (Å²) in [7, 11) is 0. The lowest BCUT2D eigenvalue weighted by Crippen LogP contribution is -2.13. The van der Waals surface area contributed by atoms with Crippen molar-refractivity contribution >= 4 is 16.7 Å². The summed E-state index contributed by atoms with van der Waals surface area (Å²) in [5, 5.41) is 1.83. The van der Waals surface area contributed by atoms with Crippen molar-refractivity contribution in [3.63, 3.8) is 0 Å². The van der Waals surface area contributed by atoms with Crippen LogP contribution in [0.2, 0.25) is 0 Å². The van der Waals surface area contributed by atoms with Gasteiger partial charge in [-0.15, -0.1) is 0 Å². The van der Waals surface area contributed by atoms with Crippen molar-refractivity contribution in [1.82, 2.24) is 4.98 Å². The second-order valence-corrected chi connectivity index (χ2v) is 4.16. The van der Waals surface area contributed by atoms with Gasteiger partial charge in [0, 0.05) is 11.6 Å². The average Bonchev–Trinajstić information content (AvgIpc) is 2.27. The zero-order valence-electron chi connectivity index (χ0n) is 9.40. The van der Waals surface area contributed by atoms with Crippen molar-refractivity contribution < 1.29 is 4.79 Å². The Hall–Kier alpha value is -1.90.